The summed E-state index contributed by atoms with van der Waals surface area (Å²) >= 11 is 0. The predicted molar refractivity (Wildman–Crippen MR) is 103 cm³/mol. The Labute approximate surface area is 155 Å². The third-order valence-corrected chi connectivity index (χ3v) is 5.24. The van der Waals surface area contributed by atoms with Crippen LogP contribution in [0.3, 0.4) is 0 Å². The average Bonchev–Trinajstić information content (AvgIpc) is 3.03. The van der Waals surface area contributed by atoms with Crippen LogP contribution < -0.4 is 4.90 Å². The van der Waals surface area contributed by atoms with E-state index in [1.54, 1.807) is 0 Å². The SMILES string of the molecule is CCCc1nc(N2CCC[C@@H](C(=O)N(CC)CC)C2)c2cnn(C)c2n1. The van der Waals surface area contributed by atoms with Gasteiger partial charge in [0.15, 0.2) is 5.65 Å². The normalized spacial score (nSPS) is 17.7. The summed E-state index contributed by atoms with van der Waals surface area (Å²) in [7, 11) is 1.91. The molecular weight excluding hydrogens is 328 g/mol. The lowest BCUT2D eigenvalue weighted by Crippen LogP contribution is -2.45. The van der Waals surface area contributed by atoms with E-state index in [1.165, 1.54) is 0 Å². The Balaban J connectivity index is 1.91. The van der Waals surface area contributed by atoms with Crippen LogP contribution in [0.25, 0.3) is 11.0 Å². The highest BCUT2D eigenvalue weighted by atomic mass is 16.2. The van der Waals surface area contributed by atoms with Crippen LogP contribution >= 0.6 is 0 Å². The first kappa shape index (κ1) is 18.6. The second kappa shape index (κ2) is 8.01. The first-order valence-electron chi connectivity index (χ1n) is 9.81. The van der Waals surface area contributed by atoms with Gasteiger partial charge in [0.05, 0.1) is 17.5 Å². The van der Waals surface area contributed by atoms with E-state index in [1.807, 2.05) is 36.7 Å². The van der Waals surface area contributed by atoms with Crippen molar-refractivity contribution in [2.24, 2.45) is 13.0 Å². The molecule has 3 heterocycles. The zero-order valence-electron chi connectivity index (χ0n) is 16.4. The number of aromatic nitrogens is 4. The van der Waals surface area contributed by atoms with Crippen molar-refractivity contribution in [2.75, 3.05) is 31.1 Å². The molecular formula is C19H30N6O. The van der Waals surface area contributed by atoms with Gasteiger partial charge in [-0.1, -0.05) is 6.92 Å². The summed E-state index contributed by atoms with van der Waals surface area (Å²) in [5.41, 5.74) is 0.871. The van der Waals surface area contributed by atoms with Gasteiger partial charge in [0.1, 0.15) is 11.6 Å². The number of amides is 1. The molecule has 0 bridgehead atoms. The molecule has 142 valence electrons. The van der Waals surface area contributed by atoms with Crippen molar-refractivity contribution in [3.05, 3.63) is 12.0 Å². The zero-order chi connectivity index (χ0) is 18.7. The second-order valence-electron chi connectivity index (χ2n) is 7.01. The molecule has 26 heavy (non-hydrogen) atoms. The van der Waals surface area contributed by atoms with Gasteiger partial charge in [0.2, 0.25) is 5.91 Å². The predicted octanol–water partition coefficient (Wildman–Crippen LogP) is 2.40. The molecule has 1 aliphatic heterocycles. The van der Waals surface area contributed by atoms with Crippen molar-refractivity contribution in [3.8, 4) is 0 Å². The Morgan fingerprint density at radius 3 is 2.73 bits per heavy atom. The molecule has 0 spiro atoms. The topological polar surface area (TPSA) is 67.2 Å². The van der Waals surface area contributed by atoms with Crippen molar-refractivity contribution in [2.45, 2.75) is 46.5 Å². The molecule has 1 amide bonds. The lowest BCUT2D eigenvalue weighted by atomic mass is 9.96. The number of carbonyl (C=O) groups is 1. The molecule has 3 rings (SSSR count). The third-order valence-electron chi connectivity index (χ3n) is 5.24. The fourth-order valence-electron chi connectivity index (χ4n) is 3.79. The Morgan fingerprint density at radius 1 is 1.27 bits per heavy atom. The standard InChI is InChI=1S/C19H30N6O/c1-5-9-16-21-17-15(12-20-23(17)4)18(22-16)25-11-8-10-14(13-25)19(26)24(6-2)7-3/h12,14H,5-11,13H2,1-4H3/t14-/m1/s1. The van der Waals surface area contributed by atoms with Crippen LogP contribution in [-0.4, -0.2) is 56.7 Å². The molecule has 2 aromatic rings. The molecule has 1 atom stereocenters. The van der Waals surface area contributed by atoms with Gasteiger partial charge >= 0.3 is 0 Å². The summed E-state index contributed by atoms with van der Waals surface area (Å²) in [4.78, 5) is 26.5. The first-order chi connectivity index (χ1) is 12.6. The summed E-state index contributed by atoms with van der Waals surface area (Å²) in [6.45, 7) is 9.41. The minimum atomic E-state index is 0.0416. The summed E-state index contributed by atoms with van der Waals surface area (Å²) < 4.78 is 1.81. The van der Waals surface area contributed by atoms with Crippen molar-refractivity contribution in [1.29, 1.82) is 0 Å². The number of carbonyl (C=O) groups excluding carboxylic acids is 1. The van der Waals surface area contributed by atoms with Gasteiger partial charge in [-0.05, 0) is 33.1 Å². The van der Waals surface area contributed by atoms with Crippen LogP contribution in [0.1, 0.15) is 45.9 Å². The molecule has 7 nitrogen and oxygen atoms in total. The summed E-state index contributed by atoms with van der Waals surface area (Å²) in [6, 6.07) is 0. The number of nitrogens with zero attached hydrogens (tertiary/aromatic N) is 6. The lowest BCUT2D eigenvalue weighted by Gasteiger charge is -2.35. The maximum atomic E-state index is 12.8. The van der Waals surface area contributed by atoms with Crippen molar-refractivity contribution in [3.63, 3.8) is 0 Å². The van der Waals surface area contributed by atoms with Crippen molar-refractivity contribution >= 4 is 22.8 Å². The molecule has 1 saturated heterocycles. The van der Waals surface area contributed by atoms with Gasteiger partial charge in [-0.25, -0.2) is 9.97 Å². The molecule has 0 radical (unpaired) electrons. The maximum Gasteiger partial charge on any atom is 0.227 e. The summed E-state index contributed by atoms with van der Waals surface area (Å²) in [6.07, 6.45) is 5.66. The van der Waals surface area contributed by atoms with E-state index < -0.39 is 0 Å². The minimum Gasteiger partial charge on any atom is -0.355 e. The van der Waals surface area contributed by atoms with E-state index in [2.05, 4.69) is 21.9 Å². The highest BCUT2D eigenvalue weighted by Gasteiger charge is 2.30. The average molecular weight is 358 g/mol. The van der Waals surface area contributed by atoms with Crippen molar-refractivity contribution < 1.29 is 4.79 Å². The zero-order valence-corrected chi connectivity index (χ0v) is 16.4. The number of hydrogen-bond acceptors (Lipinski definition) is 5. The maximum absolute atomic E-state index is 12.8. The smallest absolute Gasteiger partial charge is 0.227 e. The second-order valence-corrected chi connectivity index (χ2v) is 7.01. The Kier molecular flexibility index (Phi) is 5.74. The fraction of sp³-hybridized carbons (Fsp3) is 0.684. The van der Waals surface area contributed by atoms with Gasteiger partial charge in [0, 0.05) is 39.6 Å². The highest BCUT2D eigenvalue weighted by molar-refractivity contribution is 5.87. The Morgan fingerprint density at radius 2 is 2.04 bits per heavy atom. The van der Waals surface area contributed by atoms with Crippen LogP contribution in [-0.2, 0) is 18.3 Å². The fourth-order valence-corrected chi connectivity index (χ4v) is 3.79. The molecule has 0 unspecified atom stereocenters. The molecule has 0 aromatic carbocycles. The monoisotopic (exact) mass is 358 g/mol. The largest absolute Gasteiger partial charge is 0.355 e. The molecule has 7 heteroatoms. The number of aryl methyl sites for hydroxylation is 2. The number of hydrogen-bond donors (Lipinski definition) is 0. The molecule has 1 fully saturated rings. The molecule has 1 aliphatic rings. The van der Waals surface area contributed by atoms with E-state index >= 15 is 0 Å². The van der Waals surface area contributed by atoms with Gasteiger partial charge in [-0.2, -0.15) is 5.10 Å². The Hall–Kier alpha value is -2.18. The van der Waals surface area contributed by atoms with Crippen LogP contribution in [0.15, 0.2) is 6.20 Å². The third kappa shape index (κ3) is 3.52. The van der Waals surface area contributed by atoms with Crippen LogP contribution in [0, 0.1) is 5.92 Å². The Bertz CT molecular complexity index is 767. The summed E-state index contributed by atoms with van der Waals surface area (Å²) in [5.74, 6) is 2.10. The summed E-state index contributed by atoms with van der Waals surface area (Å²) in [5, 5.41) is 5.35. The molecule has 0 saturated carbocycles. The van der Waals surface area contributed by atoms with E-state index in [4.69, 9.17) is 4.98 Å². The minimum absolute atomic E-state index is 0.0416. The number of piperidine rings is 1. The van der Waals surface area contributed by atoms with Crippen molar-refractivity contribution in [1.82, 2.24) is 24.6 Å². The van der Waals surface area contributed by atoms with E-state index in [0.717, 1.165) is 74.5 Å². The quantitative estimate of drug-likeness (QED) is 0.793. The van der Waals surface area contributed by atoms with Gasteiger partial charge < -0.3 is 9.80 Å². The van der Waals surface area contributed by atoms with E-state index in [9.17, 15) is 4.79 Å². The van der Waals surface area contributed by atoms with Gasteiger partial charge in [-0.15, -0.1) is 0 Å². The van der Waals surface area contributed by atoms with E-state index in [0.29, 0.717) is 0 Å². The van der Waals surface area contributed by atoms with Crippen LogP contribution in [0.5, 0.6) is 0 Å². The van der Waals surface area contributed by atoms with Crippen LogP contribution in [0.4, 0.5) is 5.82 Å². The molecule has 0 aliphatic carbocycles. The van der Waals surface area contributed by atoms with Crippen LogP contribution in [0.2, 0.25) is 0 Å². The number of fused-ring (bicyclic) bond motifs is 1. The molecule has 0 N–H and O–H groups in total. The number of anilines is 1. The first-order valence-corrected chi connectivity index (χ1v) is 9.81. The van der Waals surface area contributed by atoms with Gasteiger partial charge in [0.25, 0.3) is 0 Å². The lowest BCUT2D eigenvalue weighted by molar-refractivity contribution is -0.135. The van der Waals surface area contributed by atoms with E-state index in [-0.39, 0.29) is 11.8 Å². The van der Waals surface area contributed by atoms with Gasteiger partial charge in [-0.3, -0.25) is 9.48 Å². The highest BCUT2D eigenvalue weighted by Crippen LogP contribution is 2.29. The number of rotatable bonds is 6. The molecule has 2 aromatic heterocycles.